The lowest BCUT2D eigenvalue weighted by atomic mass is 10.1. The van der Waals surface area contributed by atoms with Crippen LogP contribution in [0.4, 0.5) is 5.69 Å². The molecule has 0 fully saturated rings. The zero-order valence-electron chi connectivity index (χ0n) is 8.72. The number of aromatic carboxylic acids is 1. The van der Waals surface area contributed by atoms with E-state index in [9.17, 15) is 4.79 Å². The largest absolute Gasteiger partial charge is 0.478 e. The van der Waals surface area contributed by atoms with Crippen LogP contribution in [0.25, 0.3) is 11.1 Å². The number of benzene rings is 1. The third-order valence-electron chi connectivity index (χ3n) is 2.31. The summed E-state index contributed by atoms with van der Waals surface area (Å²) in [7, 11) is 0. The quantitative estimate of drug-likeness (QED) is 0.633. The van der Waals surface area contributed by atoms with Crippen LogP contribution in [0.1, 0.15) is 10.4 Å². The molecule has 86 valence electrons. The van der Waals surface area contributed by atoms with Crippen LogP contribution in [0.15, 0.2) is 36.5 Å². The van der Waals surface area contributed by atoms with E-state index in [0.717, 1.165) is 5.56 Å². The number of halogens is 1. The van der Waals surface area contributed by atoms with Gasteiger partial charge in [0.05, 0.1) is 5.56 Å². The molecule has 0 saturated carbocycles. The van der Waals surface area contributed by atoms with E-state index in [1.165, 1.54) is 12.3 Å². The standard InChI is InChI=1S/C12H9ClN2O2/c13-11-10(12(16)17)5-8(6-15-11)7-1-3-9(14)4-2-7/h1-6H,14H2,(H,16,17). The van der Waals surface area contributed by atoms with Crippen molar-refractivity contribution in [2.75, 3.05) is 5.73 Å². The zero-order valence-corrected chi connectivity index (χ0v) is 9.48. The van der Waals surface area contributed by atoms with Gasteiger partial charge < -0.3 is 10.8 Å². The molecule has 0 bridgehead atoms. The van der Waals surface area contributed by atoms with E-state index < -0.39 is 5.97 Å². The highest BCUT2D eigenvalue weighted by Gasteiger charge is 2.11. The maximum atomic E-state index is 10.9. The third kappa shape index (κ3) is 2.37. The predicted octanol–water partition coefficient (Wildman–Crippen LogP) is 2.68. The number of carboxylic acid groups (broad SMARTS) is 1. The lowest BCUT2D eigenvalue weighted by Crippen LogP contribution is -1.99. The van der Waals surface area contributed by atoms with Crippen molar-refractivity contribution >= 4 is 23.3 Å². The molecule has 0 aliphatic rings. The van der Waals surface area contributed by atoms with Crippen LogP contribution in [-0.2, 0) is 0 Å². The molecule has 2 rings (SSSR count). The fourth-order valence-corrected chi connectivity index (χ4v) is 1.62. The van der Waals surface area contributed by atoms with Gasteiger partial charge >= 0.3 is 5.97 Å². The van der Waals surface area contributed by atoms with Gasteiger partial charge in [0.15, 0.2) is 0 Å². The second kappa shape index (κ2) is 4.43. The number of anilines is 1. The third-order valence-corrected chi connectivity index (χ3v) is 2.61. The van der Waals surface area contributed by atoms with Gasteiger partial charge in [0.2, 0.25) is 0 Å². The Bertz CT molecular complexity index is 567. The van der Waals surface area contributed by atoms with Crippen molar-refractivity contribution in [2.24, 2.45) is 0 Å². The Hall–Kier alpha value is -2.07. The Morgan fingerprint density at radius 3 is 2.47 bits per heavy atom. The molecule has 0 amide bonds. The number of rotatable bonds is 2. The van der Waals surface area contributed by atoms with Crippen LogP contribution in [0.5, 0.6) is 0 Å². The molecule has 0 aliphatic heterocycles. The first-order valence-electron chi connectivity index (χ1n) is 4.82. The predicted molar refractivity (Wildman–Crippen MR) is 66.1 cm³/mol. The van der Waals surface area contributed by atoms with E-state index in [-0.39, 0.29) is 10.7 Å². The van der Waals surface area contributed by atoms with E-state index in [2.05, 4.69) is 4.98 Å². The van der Waals surface area contributed by atoms with Crippen molar-refractivity contribution in [1.82, 2.24) is 4.98 Å². The van der Waals surface area contributed by atoms with E-state index in [4.69, 9.17) is 22.4 Å². The highest BCUT2D eigenvalue weighted by atomic mass is 35.5. The Labute approximate surface area is 103 Å². The van der Waals surface area contributed by atoms with Crippen LogP contribution in [0.3, 0.4) is 0 Å². The Balaban J connectivity index is 2.50. The number of hydrogen-bond donors (Lipinski definition) is 2. The molecule has 0 aliphatic carbocycles. The maximum absolute atomic E-state index is 10.9. The minimum atomic E-state index is -1.10. The van der Waals surface area contributed by atoms with E-state index in [1.54, 1.807) is 24.3 Å². The molecule has 0 atom stereocenters. The van der Waals surface area contributed by atoms with Gasteiger partial charge in [-0.3, -0.25) is 0 Å². The average molecular weight is 249 g/mol. The van der Waals surface area contributed by atoms with Crippen LogP contribution >= 0.6 is 11.6 Å². The van der Waals surface area contributed by atoms with Crippen LogP contribution in [0, 0.1) is 0 Å². The zero-order chi connectivity index (χ0) is 12.4. The summed E-state index contributed by atoms with van der Waals surface area (Å²) in [5.41, 5.74) is 7.74. The number of hydrogen-bond acceptors (Lipinski definition) is 3. The molecule has 4 nitrogen and oxygen atoms in total. The first-order valence-corrected chi connectivity index (χ1v) is 5.20. The minimum absolute atomic E-state index is 0.0130. The van der Waals surface area contributed by atoms with Crippen molar-refractivity contribution in [3.63, 3.8) is 0 Å². The normalized spacial score (nSPS) is 10.2. The van der Waals surface area contributed by atoms with Gasteiger partial charge in [-0.15, -0.1) is 0 Å². The van der Waals surface area contributed by atoms with Gasteiger partial charge in [0.25, 0.3) is 0 Å². The first-order chi connectivity index (χ1) is 8.08. The Morgan fingerprint density at radius 2 is 1.88 bits per heavy atom. The molecular weight excluding hydrogens is 240 g/mol. The van der Waals surface area contributed by atoms with Gasteiger partial charge in [-0.2, -0.15) is 0 Å². The fourth-order valence-electron chi connectivity index (χ4n) is 1.43. The lowest BCUT2D eigenvalue weighted by molar-refractivity contribution is 0.0696. The van der Waals surface area contributed by atoms with Gasteiger partial charge in [0.1, 0.15) is 5.15 Å². The average Bonchev–Trinajstić information content (AvgIpc) is 2.30. The monoisotopic (exact) mass is 248 g/mol. The molecular formula is C12H9ClN2O2. The van der Waals surface area contributed by atoms with Crippen molar-refractivity contribution in [2.45, 2.75) is 0 Å². The summed E-state index contributed by atoms with van der Waals surface area (Å²) in [6.07, 6.45) is 1.53. The van der Waals surface area contributed by atoms with Crippen LogP contribution in [0.2, 0.25) is 5.15 Å². The van der Waals surface area contributed by atoms with Crippen LogP contribution < -0.4 is 5.73 Å². The number of nitrogens with two attached hydrogens (primary N) is 1. The molecule has 0 unspecified atom stereocenters. The second-order valence-corrected chi connectivity index (χ2v) is 3.85. The number of nitrogens with zero attached hydrogens (tertiary/aromatic N) is 1. The summed E-state index contributed by atoms with van der Waals surface area (Å²) in [5.74, 6) is -1.10. The summed E-state index contributed by atoms with van der Waals surface area (Å²) in [4.78, 5) is 14.8. The molecule has 2 aromatic rings. The second-order valence-electron chi connectivity index (χ2n) is 3.49. The SMILES string of the molecule is Nc1ccc(-c2cnc(Cl)c(C(=O)O)c2)cc1. The van der Waals surface area contributed by atoms with Gasteiger partial charge in [0, 0.05) is 17.4 Å². The number of carbonyl (C=O) groups is 1. The number of carboxylic acids is 1. The molecule has 1 aromatic carbocycles. The van der Waals surface area contributed by atoms with Crippen molar-refractivity contribution < 1.29 is 9.90 Å². The van der Waals surface area contributed by atoms with E-state index >= 15 is 0 Å². The summed E-state index contributed by atoms with van der Waals surface area (Å²) >= 11 is 5.69. The smallest absolute Gasteiger partial charge is 0.338 e. The van der Waals surface area contributed by atoms with Gasteiger partial charge in [-0.25, -0.2) is 9.78 Å². The molecule has 3 N–H and O–H groups in total. The van der Waals surface area contributed by atoms with Crippen molar-refractivity contribution in [1.29, 1.82) is 0 Å². The van der Waals surface area contributed by atoms with Crippen molar-refractivity contribution in [3.8, 4) is 11.1 Å². The summed E-state index contributed by atoms with van der Waals surface area (Å²) in [6, 6.07) is 8.57. The highest BCUT2D eigenvalue weighted by Crippen LogP contribution is 2.23. The molecule has 1 heterocycles. The lowest BCUT2D eigenvalue weighted by Gasteiger charge is -2.04. The van der Waals surface area contributed by atoms with Gasteiger partial charge in [-0.1, -0.05) is 23.7 Å². The van der Waals surface area contributed by atoms with Crippen LogP contribution in [-0.4, -0.2) is 16.1 Å². The van der Waals surface area contributed by atoms with Crippen molar-refractivity contribution in [3.05, 3.63) is 47.2 Å². The van der Waals surface area contributed by atoms with E-state index in [0.29, 0.717) is 11.3 Å². The Kier molecular flexibility index (Phi) is 2.97. The Morgan fingerprint density at radius 1 is 1.24 bits per heavy atom. The number of aromatic nitrogens is 1. The number of pyridine rings is 1. The van der Waals surface area contributed by atoms with E-state index in [1.807, 2.05) is 0 Å². The highest BCUT2D eigenvalue weighted by molar-refractivity contribution is 6.32. The molecule has 0 saturated heterocycles. The molecule has 0 radical (unpaired) electrons. The molecule has 5 heteroatoms. The number of nitrogen functional groups attached to an aromatic ring is 1. The molecule has 17 heavy (non-hydrogen) atoms. The molecule has 1 aromatic heterocycles. The summed E-state index contributed by atoms with van der Waals surface area (Å²) < 4.78 is 0. The molecule has 0 spiro atoms. The maximum Gasteiger partial charge on any atom is 0.338 e. The minimum Gasteiger partial charge on any atom is -0.478 e. The summed E-state index contributed by atoms with van der Waals surface area (Å²) in [6.45, 7) is 0. The first kappa shape index (κ1) is 11.4. The fraction of sp³-hybridized carbons (Fsp3) is 0. The topological polar surface area (TPSA) is 76.2 Å². The van der Waals surface area contributed by atoms with Gasteiger partial charge in [-0.05, 0) is 23.8 Å². The summed E-state index contributed by atoms with van der Waals surface area (Å²) in [5, 5.41) is 8.92.